The Morgan fingerprint density at radius 1 is 0.976 bits per heavy atom. The SMILES string of the molecule is COc1cc(C2C3=C(CC(C)(C)CC3=O)OC3=C2C(=O)CC(C)(C)C3)cc(I)c1OCC(=O)Nc1cccc(C)c1C. The number of Topliss-reactive ketones (excluding diaryl/α,β-unsaturated/α-hetero) is 2. The maximum Gasteiger partial charge on any atom is 0.262 e. The van der Waals surface area contributed by atoms with Crippen molar-refractivity contribution in [3.05, 3.63) is 73.3 Å². The van der Waals surface area contributed by atoms with Gasteiger partial charge in [-0.3, -0.25) is 14.4 Å². The van der Waals surface area contributed by atoms with Crippen LogP contribution < -0.4 is 14.8 Å². The maximum absolute atomic E-state index is 13.6. The fourth-order valence-corrected chi connectivity index (χ4v) is 7.05. The molecular weight excluding hydrogens is 645 g/mol. The number of nitrogens with one attached hydrogen (secondary N) is 1. The Morgan fingerprint density at radius 2 is 1.57 bits per heavy atom. The summed E-state index contributed by atoms with van der Waals surface area (Å²) in [6.07, 6.45) is 2.03. The van der Waals surface area contributed by atoms with E-state index in [1.807, 2.05) is 44.2 Å². The number of ether oxygens (including phenoxy) is 3. The van der Waals surface area contributed by atoms with Gasteiger partial charge in [-0.05, 0) is 82.2 Å². The number of ketones is 2. The molecule has 1 aliphatic heterocycles. The monoisotopic (exact) mass is 683 g/mol. The molecule has 3 aliphatic rings. The van der Waals surface area contributed by atoms with Crippen LogP contribution in [-0.4, -0.2) is 31.2 Å². The number of anilines is 1. The second-order valence-corrected chi connectivity index (χ2v) is 14.4. The van der Waals surface area contributed by atoms with E-state index in [1.54, 1.807) is 7.11 Å². The molecule has 8 heteroatoms. The standard InChI is InChI=1S/C34H38INO6/c1-18-9-8-10-22(19(18)2)36-28(39)17-41-32-21(35)11-20(12-25(32)40-7)29-30-23(37)13-33(3,4)15-26(30)42-27-16-34(5,6)14-24(38)31(27)29/h8-12,29H,13-17H2,1-7H3,(H,36,39). The Bertz CT molecular complexity index is 1510. The molecule has 0 bridgehead atoms. The molecule has 7 nitrogen and oxygen atoms in total. The van der Waals surface area contributed by atoms with Gasteiger partial charge in [0, 0.05) is 48.4 Å². The largest absolute Gasteiger partial charge is 0.493 e. The van der Waals surface area contributed by atoms with Gasteiger partial charge < -0.3 is 19.5 Å². The van der Waals surface area contributed by atoms with Gasteiger partial charge in [0.05, 0.1) is 10.7 Å². The summed E-state index contributed by atoms with van der Waals surface area (Å²) in [6.45, 7) is 12.0. The first-order valence-electron chi connectivity index (χ1n) is 14.3. The van der Waals surface area contributed by atoms with E-state index in [9.17, 15) is 14.4 Å². The van der Waals surface area contributed by atoms with Gasteiger partial charge >= 0.3 is 0 Å². The second kappa shape index (κ2) is 11.2. The first kappa shape index (κ1) is 30.3. The van der Waals surface area contributed by atoms with Crippen LogP contribution in [0, 0.1) is 28.2 Å². The van der Waals surface area contributed by atoms with Gasteiger partial charge in [0.1, 0.15) is 11.5 Å². The molecule has 0 aromatic heterocycles. The van der Waals surface area contributed by atoms with Crippen molar-refractivity contribution in [2.24, 2.45) is 10.8 Å². The highest BCUT2D eigenvalue weighted by molar-refractivity contribution is 14.1. The number of carbonyl (C=O) groups excluding carboxylic acids is 3. The number of amides is 1. The minimum Gasteiger partial charge on any atom is -0.493 e. The Balaban J connectivity index is 1.50. The van der Waals surface area contributed by atoms with Crippen molar-refractivity contribution in [3.8, 4) is 11.5 Å². The van der Waals surface area contributed by atoms with Crippen molar-refractivity contribution < 1.29 is 28.6 Å². The number of rotatable bonds is 6. The van der Waals surface area contributed by atoms with Crippen LogP contribution in [0.15, 0.2) is 53.0 Å². The number of hydrogen-bond donors (Lipinski definition) is 1. The molecule has 1 amide bonds. The number of allylic oxidation sites excluding steroid dienone is 4. The van der Waals surface area contributed by atoms with Crippen LogP contribution in [0.2, 0.25) is 0 Å². The highest BCUT2D eigenvalue weighted by Gasteiger charge is 2.48. The first-order chi connectivity index (χ1) is 19.7. The smallest absolute Gasteiger partial charge is 0.262 e. The van der Waals surface area contributed by atoms with E-state index < -0.39 is 5.92 Å². The van der Waals surface area contributed by atoms with Gasteiger partial charge in [0.2, 0.25) is 0 Å². The zero-order valence-electron chi connectivity index (χ0n) is 25.3. The molecule has 2 aliphatic carbocycles. The molecule has 2 aromatic carbocycles. The first-order valence-corrected chi connectivity index (χ1v) is 15.3. The summed E-state index contributed by atoms with van der Waals surface area (Å²) in [5.74, 6) is 1.39. The van der Waals surface area contributed by atoms with Crippen LogP contribution in [0.4, 0.5) is 5.69 Å². The quantitative estimate of drug-likeness (QED) is 0.321. The van der Waals surface area contributed by atoms with Crippen molar-refractivity contribution >= 4 is 45.8 Å². The third-order valence-corrected chi connectivity index (χ3v) is 9.19. The molecule has 42 heavy (non-hydrogen) atoms. The van der Waals surface area contributed by atoms with Gasteiger partial charge in [0.25, 0.3) is 5.91 Å². The molecule has 5 rings (SSSR count). The van der Waals surface area contributed by atoms with Gasteiger partial charge in [-0.25, -0.2) is 0 Å². The molecule has 0 fully saturated rings. The molecule has 0 unspecified atom stereocenters. The molecule has 1 heterocycles. The molecule has 0 saturated heterocycles. The van der Waals surface area contributed by atoms with Crippen LogP contribution in [0.1, 0.15) is 76.0 Å². The predicted octanol–water partition coefficient (Wildman–Crippen LogP) is 7.33. The molecule has 0 atom stereocenters. The van der Waals surface area contributed by atoms with Gasteiger partial charge in [-0.15, -0.1) is 0 Å². The Hall–Kier alpha value is -3.14. The molecular formula is C34H38INO6. The molecule has 0 saturated carbocycles. The average molecular weight is 684 g/mol. The summed E-state index contributed by atoms with van der Waals surface area (Å²) in [5.41, 5.74) is 4.29. The maximum atomic E-state index is 13.6. The highest BCUT2D eigenvalue weighted by Crippen LogP contribution is 2.54. The lowest BCUT2D eigenvalue weighted by molar-refractivity contribution is -0.120. The van der Waals surface area contributed by atoms with Crippen LogP contribution in [0.25, 0.3) is 0 Å². The zero-order valence-corrected chi connectivity index (χ0v) is 27.5. The number of methoxy groups -OCH3 is 1. The van der Waals surface area contributed by atoms with Gasteiger partial charge in [0.15, 0.2) is 29.7 Å². The lowest BCUT2D eigenvalue weighted by Gasteiger charge is -2.42. The third-order valence-electron chi connectivity index (χ3n) is 8.39. The van der Waals surface area contributed by atoms with E-state index >= 15 is 0 Å². The number of hydrogen-bond acceptors (Lipinski definition) is 6. The topological polar surface area (TPSA) is 90.9 Å². The number of halogens is 1. The molecule has 1 N–H and O–H groups in total. The number of benzene rings is 2. The van der Waals surface area contributed by atoms with Crippen molar-refractivity contribution in [1.82, 2.24) is 0 Å². The normalized spacial score (nSPS) is 19.6. The third kappa shape index (κ3) is 5.87. The van der Waals surface area contributed by atoms with E-state index in [4.69, 9.17) is 14.2 Å². The Labute approximate surface area is 261 Å². The lowest BCUT2D eigenvalue weighted by atomic mass is 9.65. The highest BCUT2D eigenvalue weighted by atomic mass is 127. The number of carbonyl (C=O) groups is 3. The molecule has 222 valence electrons. The minimum absolute atomic E-state index is 0.00727. The van der Waals surface area contributed by atoms with Crippen molar-refractivity contribution in [2.75, 3.05) is 19.0 Å². The van der Waals surface area contributed by atoms with Crippen LogP contribution >= 0.6 is 22.6 Å². The summed E-state index contributed by atoms with van der Waals surface area (Å²) < 4.78 is 18.9. The van der Waals surface area contributed by atoms with E-state index in [2.05, 4.69) is 55.6 Å². The van der Waals surface area contributed by atoms with Gasteiger partial charge in [-0.1, -0.05) is 39.8 Å². The summed E-state index contributed by atoms with van der Waals surface area (Å²) in [4.78, 5) is 40.1. The summed E-state index contributed by atoms with van der Waals surface area (Å²) >= 11 is 2.16. The summed E-state index contributed by atoms with van der Waals surface area (Å²) in [5, 5.41) is 2.92. The van der Waals surface area contributed by atoms with Crippen molar-refractivity contribution in [2.45, 2.75) is 73.1 Å². The molecule has 2 aromatic rings. The van der Waals surface area contributed by atoms with Crippen molar-refractivity contribution in [3.63, 3.8) is 0 Å². The van der Waals surface area contributed by atoms with Gasteiger partial charge in [-0.2, -0.15) is 0 Å². The summed E-state index contributed by atoms with van der Waals surface area (Å²) in [6, 6.07) is 9.51. The van der Waals surface area contributed by atoms with Crippen LogP contribution in [0.3, 0.4) is 0 Å². The predicted molar refractivity (Wildman–Crippen MR) is 170 cm³/mol. The van der Waals surface area contributed by atoms with Crippen LogP contribution in [0.5, 0.6) is 11.5 Å². The van der Waals surface area contributed by atoms with E-state index in [1.165, 1.54) is 0 Å². The van der Waals surface area contributed by atoms with Crippen molar-refractivity contribution in [1.29, 1.82) is 0 Å². The Kier molecular flexibility index (Phi) is 8.06. The van der Waals surface area contributed by atoms with E-state index in [0.717, 1.165) is 22.4 Å². The number of aryl methyl sites for hydroxylation is 1. The second-order valence-electron chi connectivity index (χ2n) is 13.2. The van der Waals surface area contributed by atoms with E-state index in [-0.39, 0.29) is 34.9 Å². The Morgan fingerprint density at radius 3 is 2.14 bits per heavy atom. The molecule has 0 spiro atoms. The molecule has 0 radical (unpaired) electrons. The summed E-state index contributed by atoms with van der Waals surface area (Å²) in [7, 11) is 1.54. The van der Waals surface area contributed by atoms with E-state index in [0.29, 0.717) is 63.4 Å². The minimum atomic E-state index is -0.542. The average Bonchev–Trinajstić information content (AvgIpc) is 2.87. The zero-order chi connectivity index (χ0) is 30.6. The van der Waals surface area contributed by atoms with Crippen LogP contribution in [-0.2, 0) is 19.1 Å². The lowest BCUT2D eigenvalue weighted by Crippen LogP contribution is -2.37. The fourth-order valence-electron chi connectivity index (χ4n) is 6.26. The fraction of sp³-hybridized carbons (Fsp3) is 0.441.